The van der Waals surface area contributed by atoms with Crippen molar-refractivity contribution in [2.45, 2.75) is 6.92 Å². The van der Waals surface area contributed by atoms with Gasteiger partial charge in [-0.3, -0.25) is 4.98 Å². The first-order valence-corrected chi connectivity index (χ1v) is 5.76. The summed E-state index contributed by atoms with van der Waals surface area (Å²) in [7, 11) is 1.83. The molecule has 0 aliphatic heterocycles. The molecule has 0 aliphatic rings. The van der Waals surface area contributed by atoms with E-state index in [-0.39, 0.29) is 5.82 Å². The molecule has 2 aromatic rings. The summed E-state index contributed by atoms with van der Waals surface area (Å²) in [5.74, 6) is 1.10. The number of hydrogen-bond acceptors (Lipinski definition) is 4. The summed E-state index contributed by atoms with van der Waals surface area (Å²) < 4.78 is 13.2. The molecular formula is C13H15FN4. The van der Waals surface area contributed by atoms with Gasteiger partial charge in [0.05, 0.1) is 12.4 Å². The number of hydrogen-bond donors (Lipinski definition) is 1. The van der Waals surface area contributed by atoms with E-state index in [1.165, 1.54) is 12.1 Å². The Labute approximate surface area is 105 Å². The molecule has 1 N–H and O–H groups in total. The van der Waals surface area contributed by atoms with Gasteiger partial charge in [0.1, 0.15) is 11.6 Å². The van der Waals surface area contributed by atoms with Crippen molar-refractivity contribution in [2.75, 3.05) is 23.8 Å². The second-order valence-corrected chi connectivity index (χ2v) is 3.83. The van der Waals surface area contributed by atoms with Gasteiger partial charge in [-0.25, -0.2) is 9.37 Å². The number of nitrogens with zero attached hydrogens (tertiary/aromatic N) is 3. The van der Waals surface area contributed by atoms with E-state index in [0.29, 0.717) is 11.6 Å². The fourth-order valence-corrected chi connectivity index (χ4v) is 1.60. The first kappa shape index (κ1) is 12.3. The zero-order chi connectivity index (χ0) is 13.0. The van der Waals surface area contributed by atoms with Crippen LogP contribution in [0, 0.1) is 5.82 Å². The average molecular weight is 246 g/mol. The van der Waals surface area contributed by atoms with Gasteiger partial charge in [0, 0.05) is 19.3 Å². The minimum absolute atomic E-state index is 0.268. The van der Waals surface area contributed by atoms with Crippen molar-refractivity contribution < 1.29 is 4.39 Å². The van der Waals surface area contributed by atoms with Crippen LogP contribution in [0.25, 0.3) is 0 Å². The van der Waals surface area contributed by atoms with Crippen LogP contribution in [0.1, 0.15) is 6.92 Å². The molecule has 0 unspecified atom stereocenters. The molecule has 0 spiro atoms. The summed E-state index contributed by atoms with van der Waals surface area (Å²) in [5.41, 5.74) is 0.734. The Hall–Kier alpha value is -2.17. The van der Waals surface area contributed by atoms with E-state index in [2.05, 4.69) is 15.3 Å². The topological polar surface area (TPSA) is 41.1 Å². The Morgan fingerprint density at radius 2 is 2.17 bits per heavy atom. The molecule has 1 aromatic heterocycles. The van der Waals surface area contributed by atoms with Gasteiger partial charge in [-0.2, -0.15) is 0 Å². The first-order valence-electron chi connectivity index (χ1n) is 5.76. The number of aromatic nitrogens is 2. The lowest BCUT2D eigenvalue weighted by Crippen LogP contribution is -2.13. The highest BCUT2D eigenvalue weighted by molar-refractivity contribution is 5.59. The van der Waals surface area contributed by atoms with E-state index in [9.17, 15) is 4.39 Å². The molecule has 94 valence electrons. The molecule has 2 rings (SSSR count). The van der Waals surface area contributed by atoms with Gasteiger partial charge in [-0.15, -0.1) is 0 Å². The highest BCUT2D eigenvalue weighted by Crippen LogP contribution is 2.22. The van der Waals surface area contributed by atoms with Gasteiger partial charge < -0.3 is 10.2 Å². The Bertz CT molecular complexity index is 530. The minimum atomic E-state index is -0.268. The van der Waals surface area contributed by atoms with Crippen molar-refractivity contribution in [3.63, 3.8) is 0 Å². The number of halogens is 1. The molecule has 4 nitrogen and oxygen atoms in total. The average Bonchev–Trinajstić information content (AvgIpc) is 2.39. The van der Waals surface area contributed by atoms with E-state index in [4.69, 9.17) is 0 Å². The van der Waals surface area contributed by atoms with Crippen LogP contribution in [0.15, 0.2) is 36.7 Å². The van der Waals surface area contributed by atoms with Crippen LogP contribution in [0.4, 0.5) is 21.7 Å². The highest BCUT2D eigenvalue weighted by Gasteiger charge is 2.07. The van der Waals surface area contributed by atoms with Gasteiger partial charge in [-0.1, -0.05) is 6.07 Å². The van der Waals surface area contributed by atoms with Crippen molar-refractivity contribution in [1.29, 1.82) is 0 Å². The maximum atomic E-state index is 13.2. The lowest BCUT2D eigenvalue weighted by Gasteiger charge is -2.18. The van der Waals surface area contributed by atoms with Crippen LogP contribution in [0.3, 0.4) is 0 Å². The van der Waals surface area contributed by atoms with Gasteiger partial charge >= 0.3 is 0 Å². The van der Waals surface area contributed by atoms with Crippen LogP contribution in [-0.2, 0) is 0 Å². The van der Waals surface area contributed by atoms with Gasteiger partial charge in [0.15, 0.2) is 5.82 Å². The molecule has 0 aliphatic carbocycles. The van der Waals surface area contributed by atoms with E-state index >= 15 is 0 Å². The molecule has 0 bridgehead atoms. The van der Waals surface area contributed by atoms with E-state index in [1.54, 1.807) is 23.4 Å². The van der Waals surface area contributed by atoms with E-state index in [0.717, 1.165) is 12.2 Å². The van der Waals surface area contributed by atoms with E-state index < -0.39 is 0 Å². The highest BCUT2D eigenvalue weighted by atomic mass is 19.1. The maximum Gasteiger partial charge on any atom is 0.153 e. The summed E-state index contributed by atoms with van der Waals surface area (Å²) in [6.45, 7) is 2.77. The standard InChI is InChI=1S/C13H15FN4/c1-3-16-12-8-15-9-13(17-12)18(2)11-6-4-5-10(14)7-11/h4-9H,3H2,1-2H3,(H,16,17). The summed E-state index contributed by atoms with van der Waals surface area (Å²) in [4.78, 5) is 10.3. The molecule has 0 atom stereocenters. The van der Waals surface area contributed by atoms with Crippen LogP contribution in [-0.4, -0.2) is 23.6 Å². The molecule has 0 radical (unpaired) electrons. The zero-order valence-corrected chi connectivity index (χ0v) is 10.4. The Morgan fingerprint density at radius 1 is 1.33 bits per heavy atom. The number of anilines is 3. The molecule has 0 saturated carbocycles. The second-order valence-electron chi connectivity index (χ2n) is 3.83. The smallest absolute Gasteiger partial charge is 0.153 e. The van der Waals surface area contributed by atoms with Crippen LogP contribution in [0.2, 0.25) is 0 Å². The predicted molar refractivity (Wildman–Crippen MR) is 70.7 cm³/mol. The molecule has 1 heterocycles. The Balaban J connectivity index is 2.27. The van der Waals surface area contributed by atoms with Gasteiger partial charge in [0.2, 0.25) is 0 Å². The van der Waals surface area contributed by atoms with Crippen LogP contribution < -0.4 is 10.2 Å². The third kappa shape index (κ3) is 2.74. The number of rotatable bonds is 4. The maximum absolute atomic E-state index is 13.2. The van der Waals surface area contributed by atoms with Crippen molar-refractivity contribution in [2.24, 2.45) is 0 Å². The third-order valence-electron chi connectivity index (χ3n) is 2.52. The quantitative estimate of drug-likeness (QED) is 0.900. The van der Waals surface area contributed by atoms with Crippen molar-refractivity contribution >= 4 is 17.3 Å². The minimum Gasteiger partial charge on any atom is -0.369 e. The molecule has 1 aromatic carbocycles. The molecule has 18 heavy (non-hydrogen) atoms. The molecule has 5 heteroatoms. The van der Waals surface area contributed by atoms with E-state index in [1.807, 2.05) is 20.0 Å². The van der Waals surface area contributed by atoms with Crippen LogP contribution >= 0.6 is 0 Å². The summed E-state index contributed by atoms with van der Waals surface area (Å²) in [5, 5.41) is 3.09. The van der Waals surface area contributed by atoms with Gasteiger partial charge in [-0.05, 0) is 25.1 Å². The lowest BCUT2D eigenvalue weighted by molar-refractivity contribution is 0.628. The summed E-state index contributed by atoms with van der Waals surface area (Å²) in [6, 6.07) is 6.37. The second kappa shape index (κ2) is 5.44. The third-order valence-corrected chi connectivity index (χ3v) is 2.52. The fraction of sp³-hybridized carbons (Fsp3) is 0.231. The number of nitrogens with one attached hydrogen (secondary N) is 1. The van der Waals surface area contributed by atoms with Crippen LogP contribution in [0.5, 0.6) is 0 Å². The Kier molecular flexibility index (Phi) is 3.72. The SMILES string of the molecule is CCNc1cncc(N(C)c2cccc(F)c2)n1. The fourth-order valence-electron chi connectivity index (χ4n) is 1.60. The molecular weight excluding hydrogens is 231 g/mol. The largest absolute Gasteiger partial charge is 0.369 e. The zero-order valence-electron chi connectivity index (χ0n) is 10.4. The van der Waals surface area contributed by atoms with Crippen molar-refractivity contribution in [3.05, 3.63) is 42.5 Å². The normalized spacial score (nSPS) is 10.2. The Morgan fingerprint density at radius 3 is 2.89 bits per heavy atom. The van der Waals surface area contributed by atoms with Gasteiger partial charge in [0.25, 0.3) is 0 Å². The summed E-state index contributed by atoms with van der Waals surface area (Å²) in [6.07, 6.45) is 3.30. The lowest BCUT2D eigenvalue weighted by atomic mass is 10.3. The molecule has 0 fully saturated rings. The van der Waals surface area contributed by atoms with Crippen molar-refractivity contribution in [3.8, 4) is 0 Å². The first-order chi connectivity index (χ1) is 8.70. The van der Waals surface area contributed by atoms with Crippen molar-refractivity contribution in [1.82, 2.24) is 9.97 Å². The molecule has 0 amide bonds. The molecule has 0 saturated heterocycles. The summed E-state index contributed by atoms with van der Waals surface area (Å²) >= 11 is 0. The predicted octanol–water partition coefficient (Wildman–Crippen LogP) is 2.82. The number of benzene rings is 1. The monoisotopic (exact) mass is 246 g/mol.